The van der Waals surface area contributed by atoms with Crippen LogP contribution in [0.15, 0.2) is 0 Å². The largest absolute Gasteiger partial charge is 0.481 e. The number of carboxylic acid groups (broad SMARTS) is 1. The molecule has 6 heteroatoms. The monoisotopic (exact) mass is 170 g/mol. The molecule has 0 aliphatic rings. The fourth-order valence-electron chi connectivity index (χ4n) is 0.630. The van der Waals surface area contributed by atoms with E-state index in [1.54, 1.807) is 7.05 Å². The van der Waals surface area contributed by atoms with Gasteiger partial charge in [-0.2, -0.15) is 4.80 Å². The average molecular weight is 170 g/mol. The second-order valence-corrected chi connectivity index (χ2v) is 3.03. The summed E-state index contributed by atoms with van der Waals surface area (Å²) in [5.74, 6) is -0.743. The number of aryl methyl sites for hydroxylation is 1. The summed E-state index contributed by atoms with van der Waals surface area (Å²) in [6.45, 7) is 3.07. The quantitative estimate of drug-likeness (QED) is 0.651. The highest BCUT2D eigenvalue weighted by Gasteiger charge is 2.34. The van der Waals surface area contributed by atoms with Gasteiger partial charge in [0.05, 0.1) is 7.05 Å². The van der Waals surface area contributed by atoms with Gasteiger partial charge in [0.2, 0.25) is 0 Å². The number of carboxylic acids is 1. The molecule has 0 atom stereocenters. The molecule has 6 nitrogen and oxygen atoms in total. The predicted molar refractivity (Wildman–Crippen MR) is 39.5 cm³/mol. The molecule has 12 heavy (non-hydrogen) atoms. The second kappa shape index (κ2) is 2.54. The molecule has 0 fully saturated rings. The first-order valence-electron chi connectivity index (χ1n) is 3.42. The Hall–Kier alpha value is -1.46. The van der Waals surface area contributed by atoms with E-state index in [0.717, 1.165) is 0 Å². The Morgan fingerprint density at radius 3 is 2.50 bits per heavy atom. The van der Waals surface area contributed by atoms with E-state index in [2.05, 4.69) is 15.4 Å². The number of hydrogen-bond donors (Lipinski definition) is 1. The Morgan fingerprint density at radius 2 is 2.17 bits per heavy atom. The first-order valence-corrected chi connectivity index (χ1v) is 3.42. The van der Waals surface area contributed by atoms with Crippen molar-refractivity contribution in [3.05, 3.63) is 5.82 Å². The van der Waals surface area contributed by atoms with Crippen LogP contribution < -0.4 is 0 Å². The normalized spacial score (nSPS) is 11.6. The number of rotatable bonds is 2. The van der Waals surface area contributed by atoms with Gasteiger partial charge in [0.15, 0.2) is 5.82 Å². The third-order valence-corrected chi connectivity index (χ3v) is 1.60. The molecule has 0 aromatic carbocycles. The summed E-state index contributed by atoms with van der Waals surface area (Å²) in [7, 11) is 1.59. The average Bonchev–Trinajstić information content (AvgIpc) is 2.35. The Labute approximate surface area is 69.2 Å². The van der Waals surface area contributed by atoms with Gasteiger partial charge in [-0.3, -0.25) is 4.79 Å². The summed E-state index contributed by atoms with van der Waals surface area (Å²) >= 11 is 0. The second-order valence-electron chi connectivity index (χ2n) is 3.03. The van der Waals surface area contributed by atoms with Crippen molar-refractivity contribution in [2.75, 3.05) is 0 Å². The molecular weight excluding hydrogens is 160 g/mol. The highest BCUT2D eigenvalue weighted by atomic mass is 16.4. The fraction of sp³-hybridized carbons (Fsp3) is 0.667. The molecule has 0 amide bonds. The molecule has 1 aromatic rings. The van der Waals surface area contributed by atoms with Gasteiger partial charge in [-0.1, -0.05) is 0 Å². The number of nitrogens with zero attached hydrogens (tertiary/aromatic N) is 4. The van der Waals surface area contributed by atoms with E-state index < -0.39 is 11.4 Å². The summed E-state index contributed by atoms with van der Waals surface area (Å²) in [5, 5.41) is 19.8. The van der Waals surface area contributed by atoms with Gasteiger partial charge in [-0.25, -0.2) is 0 Å². The van der Waals surface area contributed by atoms with E-state index in [9.17, 15) is 4.79 Å². The number of aromatic nitrogens is 4. The molecule has 0 spiro atoms. The molecule has 1 aromatic heterocycles. The van der Waals surface area contributed by atoms with E-state index >= 15 is 0 Å². The summed E-state index contributed by atoms with van der Waals surface area (Å²) < 4.78 is 0. The molecule has 0 unspecified atom stereocenters. The molecule has 0 aliphatic heterocycles. The first kappa shape index (κ1) is 8.63. The molecule has 1 rings (SSSR count). The van der Waals surface area contributed by atoms with Crippen LogP contribution in [-0.2, 0) is 17.3 Å². The van der Waals surface area contributed by atoms with Gasteiger partial charge in [-0.05, 0) is 19.1 Å². The van der Waals surface area contributed by atoms with Crippen molar-refractivity contribution in [1.29, 1.82) is 0 Å². The molecule has 0 saturated heterocycles. The zero-order valence-electron chi connectivity index (χ0n) is 7.14. The van der Waals surface area contributed by atoms with E-state index in [0.29, 0.717) is 0 Å². The van der Waals surface area contributed by atoms with E-state index in [-0.39, 0.29) is 5.82 Å². The smallest absolute Gasteiger partial charge is 0.316 e. The van der Waals surface area contributed by atoms with Gasteiger partial charge in [-0.15, -0.1) is 10.2 Å². The molecular formula is C6H10N4O2. The zero-order chi connectivity index (χ0) is 9.35. The predicted octanol–water partition coefficient (Wildman–Crippen LogP) is -0.428. The van der Waals surface area contributed by atoms with Gasteiger partial charge in [0.25, 0.3) is 0 Å². The van der Waals surface area contributed by atoms with Crippen molar-refractivity contribution in [3.63, 3.8) is 0 Å². The molecule has 1 heterocycles. The Kier molecular flexibility index (Phi) is 1.83. The van der Waals surface area contributed by atoms with Crippen molar-refractivity contribution in [2.45, 2.75) is 19.3 Å². The third-order valence-electron chi connectivity index (χ3n) is 1.60. The van der Waals surface area contributed by atoms with Crippen LogP contribution in [0.4, 0.5) is 0 Å². The summed E-state index contributed by atoms with van der Waals surface area (Å²) in [5.41, 5.74) is -1.08. The van der Waals surface area contributed by atoms with Crippen molar-refractivity contribution in [1.82, 2.24) is 20.2 Å². The highest BCUT2D eigenvalue weighted by Crippen LogP contribution is 2.17. The molecule has 1 N–H and O–H groups in total. The molecule has 0 aliphatic carbocycles. The molecule has 0 bridgehead atoms. The lowest BCUT2D eigenvalue weighted by Gasteiger charge is -2.12. The lowest BCUT2D eigenvalue weighted by Crippen LogP contribution is -2.30. The summed E-state index contributed by atoms with van der Waals surface area (Å²) in [4.78, 5) is 11.9. The van der Waals surface area contributed by atoms with Crippen LogP contribution in [0, 0.1) is 0 Å². The zero-order valence-corrected chi connectivity index (χ0v) is 7.14. The lowest BCUT2D eigenvalue weighted by molar-refractivity contribution is -0.142. The third kappa shape index (κ3) is 1.27. The van der Waals surface area contributed by atoms with Crippen LogP contribution in [0.25, 0.3) is 0 Å². The minimum atomic E-state index is -1.08. The van der Waals surface area contributed by atoms with Crippen molar-refractivity contribution >= 4 is 5.97 Å². The Morgan fingerprint density at radius 1 is 1.58 bits per heavy atom. The maximum absolute atomic E-state index is 10.7. The molecule has 0 radical (unpaired) electrons. The van der Waals surface area contributed by atoms with Gasteiger partial charge >= 0.3 is 5.97 Å². The van der Waals surface area contributed by atoms with Gasteiger partial charge in [0.1, 0.15) is 5.41 Å². The Bertz CT molecular complexity index is 304. The maximum atomic E-state index is 10.7. The van der Waals surface area contributed by atoms with Crippen molar-refractivity contribution < 1.29 is 9.90 Å². The number of tetrazole rings is 1. The van der Waals surface area contributed by atoms with Crippen molar-refractivity contribution in [2.24, 2.45) is 7.05 Å². The van der Waals surface area contributed by atoms with Crippen LogP contribution in [0.2, 0.25) is 0 Å². The first-order chi connectivity index (χ1) is 5.44. The lowest BCUT2D eigenvalue weighted by atomic mass is 9.93. The minimum absolute atomic E-state index is 0.220. The van der Waals surface area contributed by atoms with Crippen molar-refractivity contribution in [3.8, 4) is 0 Å². The van der Waals surface area contributed by atoms with E-state index in [1.165, 1.54) is 18.6 Å². The summed E-state index contributed by atoms with van der Waals surface area (Å²) in [6.07, 6.45) is 0. The van der Waals surface area contributed by atoms with Gasteiger partial charge in [0, 0.05) is 0 Å². The maximum Gasteiger partial charge on any atom is 0.316 e. The fourth-order valence-corrected chi connectivity index (χ4v) is 0.630. The van der Waals surface area contributed by atoms with E-state index in [4.69, 9.17) is 5.11 Å². The standard InChI is InChI=1S/C6H10N4O2/c1-6(2,5(11)12)4-7-9-10(3)8-4/h1-3H3,(H,11,12). The number of aliphatic carboxylic acids is 1. The SMILES string of the molecule is Cn1nnc(C(C)(C)C(=O)O)n1. The topological polar surface area (TPSA) is 80.9 Å². The summed E-state index contributed by atoms with van der Waals surface area (Å²) in [6, 6.07) is 0. The van der Waals surface area contributed by atoms with Crippen LogP contribution >= 0.6 is 0 Å². The number of hydrogen-bond acceptors (Lipinski definition) is 4. The van der Waals surface area contributed by atoms with E-state index in [1.807, 2.05) is 0 Å². The van der Waals surface area contributed by atoms with Crippen LogP contribution in [0.1, 0.15) is 19.7 Å². The molecule has 0 saturated carbocycles. The van der Waals surface area contributed by atoms with Gasteiger partial charge < -0.3 is 5.11 Å². The van der Waals surface area contributed by atoms with Crippen LogP contribution in [-0.4, -0.2) is 31.3 Å². The Balaban J connectivity index is 3.05. The molecule has 66 valence electrons. The van der Waals surface area contributed by atoms with Crippen LogP contribution in [0.3, 0.4) is 0 Å². The van der Waals surface area contributed by atoms with Crippen LogP contribution in [0.5, 0.6) is 0 Å². The number of carbonyl (C=O) groups is 1. The highest BCUT2D eigenvalue weighted by molar-refractivity contribution is 5.78. The minimum Gasteiger partial charge on any atom is -0.481 e.